The number of nitrogens with two attached hydrogens (primary N) is 2. The van der Waals surface area contributed by atoms with Crippen LogP contribution in [0, 0.1) is 0 Å². The molecule has 9 rings (SSSR count). The number of rotatable bonds is 10. The van der Waals surface area contributed by atoms with Crippen molar-refractivity contribution in [2.75, 3.05) is 11.5 Å². The number of hydrogen-bond acceptors (Lipinski definition) is 2. The van der Waals surface area contributed by atoms with Crippen LogP contribution in [0.3, 0.4) is 0 Å². The molecule has 0 bridgehead atoms. The average Bonchev–Trinajstić information content (AvgIpc) is 3.28. The summed E-state index contributed by atoms with van der Waals surface area (Å²) in [4.78, 5) is 0. The van der Waals surface area contributed by atoms with Crippen LogP contribution in [0.2, 0.25) is 0 Å². The van der Waals surface area contributed by atoms with Gasteiger partial charge >= 0.3 is 0 Å². The van der Waals surface area contributed by atoms with Gasteiger partial charge in [0.25, 0.3) is 0 Å². The monoisotopic (exact) mass is 744 g/mol. The fraction of sp³-hybridized carbons (Fsp3) is 0.0357. The van der Waals surface area contributed by atoms with E-state index in [0.717, 1.165) is 55.9 Å². The molecule has 0 atom stereocenters. The molecule has 0 aliphatic rings. The zero-order valence-electron chi connectivity index (χ0n) is 32.2. The summed E-state index contributed by atoms with van der Waals surface area (Å²) < 4.78 is 0. The van der Waals surface area contributed by atoms with Gasteiger partial charge in [0.05, 0.1) is 0 Å². The molecule has 0 aromatic heterocycles. The molecule has 0 fully saturated rings. The van der Waals surface area contributed by atoms with Gasteiger partial charge in [-0.3, -0.25) is 0 Å². The molecule has 0 radical (unpaired) electrons. The Hall–Kier alpha value is -7.42. The van der Waals surface area contributed by atoms with Crippen LogP contribution in [0.4, 0.5) is 11.4 Å². The molecule has 0 unspecified atom stereocenters. The summed E-state index contributed by atoms with van der Waals surface area (Å²) in [7, 11) is 0. The fourth-order valence-electron chi connectivity index (χ4n) is 8.39. The van der Waals surface area contributed by atoms with Crippen molar-refractivity contribution in [3.63, 3.8) is 0 Å². The quantitative estimate of drug-likeness (QED) is 0.108. The van der Waals surface area contributed by atoms with Crippen molar-refractivity contribution in [2.24, 2.45) is 0 Å². The second-order valence-corrected chi connectivity index (χ2v) is 14.9. The number of benzene rings is 9. The Morgan fingerprint density at radius 3 is 0.983 bits per heavy atom. The van der Waals surface area contributed by atoms with Crippen LogP contribution in [-0.2, 0) is 0 Å². The summed E-state index contributed by atoms with van der Waals surface area (Å²) in [6.45, 7) is 0. The summed E-state index contributed by atoms with van der Waals surface area (Å²) in [5.74, 6) is 0.215. The van der Waals surface area contributed by atoms with Crippen molar-refractivity contribution < 1.29 is 0 Å². The molecule has 0 aliphatic heterocycles. The minimum absolute atomic E-state index is 0.108. The second kappa shape index (κ2) is 16.4. The van der Waals surface area contributed by atoms with Gasteiger partial charge in [-0.2, -0.15) is 0 Å². The van der Waals surface area contributed by atoms with Crippen molar-refractivity contribution in [2.45, 2.75) is 11.8 Å². The SMILES string of the molecule is Nc1ccc(-c2c(-c3ccc(C(c4ccccc4)c4ccccc4)cc3)cc(-c3cccc(N)c3)cc2-c2ccc(C(c3ccccc3)c3ccccc3)cc2)cc1. The van der Waals surface area contributed by atoms with E-state index >= 15 is 0 Å². The van der Waals surface area contributed by atoms with E-state index in [1.807, 2.05) is 24.3 Å². The Labute approximate surface area is 341 Å². The number of nitrogen functional groups attached to an aromatic ring is 2. The lowest BCUT2D eigenvalue weighted by Crippen LogP contribution is -2.03. The van der Waals surface area contributed by atoms with Crippen LogP contribution in [0.25, 0.3) is 44.5 Å². The van der Waals surface area contributed by atoms with Gasteiger partial charge in [-0.05, 0) is 114 Å². The third kappa shape index (κ3) is 7.56. The Morgan fingerprint density at radius 2 is 0.603 bits per heavy atom. The normalized spacial score (nSPS) is 11.2. The van der Waals surface area contributed by atoms with Crippen LogP contribution >= 0.6 is 0 Å². The van der Waals surface area contributed by atoms with Gasteiger partial charge in [-0.25, -0.2) is 0 Å². The summed E-state index contributed by atoms with van der Waals surface area (Å²) in [5.41, 5.74) is 30.7. The van der Waals surface area contributed by atoms with Crippen LogP contribution in [0.1, 0.15) is 45.2 Å². The lowest BCUT2D eigenvalue weighted by Gasteiger charge is -2.22. The Kier molecular flexibility index (Phi) is 10.2. The molecule has 4 N–H and O–H groups in total. The van der Waals surface area contributed by atoms with Crippen molar-refractivity contribution >= 4 is 11.4 Å². The second-order valence-electron chi connectivity index (χ2n) is 14.9. The van der Waals surface area contributed by atoms with Crippen LogP contribution in [0.5, 0.6) is 0 Å². The van der Waals surface area contributed by atoms with E-state index in [2.05, 4.69) is 206 Å². The largest absolute Gasteiger partial charge is 0.399 e. The summed E-state index contributed by atoms with van der Waals surface area (Å²) in [6, 6.07) is 82.5. The van der Waals surface area contributed by atoms with E-state index in [1.54, 1.807) is 0 Å². The maximum absolute atomic E-state index is 6.40. The lowest BCUT2D eigenvalue weighted by atomic mass is 9.81. The first-order valence-corrected chi connectivity index (χ1v) is 19.9. The molecule has 9 aromatic carbocycles. The summed E-state index contributed by atoms with van der Waals surface area (Å²) >= 11 is 0. The smallest absolute Gasteiger partial charge is 0.0339 e. The molecular formula is C56H44N2. The molecule has 2 nitrogen and oxygen atoms in total. The van der Waals surface area contributed by atoms with Gasteiger partial charge in [-0.15, -0.1) is 0 Å². The number of anilines is 2. The van der Waals surface area contributed by atoms with Gasteiger partial charge in [-0.1, -0.05) is 194 Å². The zero-order valence-corrected chi connectivity index (χ0v) is 32.2. The standard InChI is InChI=1S/C56H44N2/c57-50-34-32-47(33-35-50)56-52(39-24-28-45(29-25-39)54(41-14-5-1-6-15-41)42-16-7-2-8-17-42)37-49(48-22-13-23-51(58)36-48)38-53(56)40-26-30-46(31-27-40)55(43-18-9-3-10-19-43)44-20-11-4-12-21-44/h1-38,54-55H,57-58H2. The van der Waals surface area contributed by atoms with Crippen molar-refractivity contribution in [3.05, 3.63) is 264 Å². The molecule has 9 aromatic rings. The van der Waals surface area contributed by atoms with Gasteiger partial charge in [0.2, 0.25) is 0 Å². The first-order chi connectivity index (χ1) is 28.6. The highest BCUT2D eigenvalue weighted by Crippen LogP contribution is 2.45. The predicted molar refractivity (Wildman–Crippen MR) is 245 cm³/mol. The van der Waals surface area contributed by atoms with E-state index in [-0.39, 0.29) is 11.8 Å². The van der Waals surface area contributed by atoms with Gasteiger partial charge in [0.15, 0.2) is 0 Å². The molecule has 0 saturated heterocycles. The molecule has 0 aliphatic carbocycles. The minimum Gasteiger partial charge on any atom is -0.399 e. The van der Waals surface area contributed by atoms with Crippen LogP contribution < -0.4 is 11.5 Å². The zero-order chi connectivity index (χ0) is 39.3. The third-order valence-electron chi connectivity index (χ3n) is 11.2. The first kappa shape index (κ1) is 36.2. The molecule has 0 saturated carbocycles. The molecule has 58 heavy (non-hydrogen) atoms. The minimum atomic E-state index is 0.108. The van der Waals surface area contributed by atoms with Gasteiger partial charge in [0.1, 0.15) is 0 Å². The molecule has 0 amide bonds. The Bertz CT molecular complexity index is 2520. The molecular weight excluding hydrogens is 701 g/mol. The maximum atomic E-state index is 6.40. The fourth-order valence-corrected chi connectivity index (χ4v) is 8.39. The first-order valence-electron chi connectivity index (χ1n) is 19.9. The molecule has 2 heteroatoms. The van der Waals surface area contributed by atoms with Crippen molar-refractivity contribution in [1.82, 2.24) is 0 Å². The highest BCUT2D eigenvalue weighted by Gasteiger charge is 2.21. The van der Waals surface area contributed by atoms with E-state index in [4.69, 9.17) is 11.5 Å². The molecule has 0 spiro atoms. The topological polar surface area (TPSA) is 52.0 Å². The van der Waals surface area contributed by atoms with E-state index < -0.39 is 0 Å². The van der Waals surface area contributed by atoms with E-state index in [1.165, 1.54) is 33.4 Å². The van der Waals surface area contributed by atoms with Crippen LogP contribution in [0.15, 0.2) is 231 Å². The Morgan fingerprint density at radius 1 is 0.241 bits per heavy atom. The van der Waals surface area contributed by atoms with Crippen molar-refractivity contribution in [3.8, 4) is 44.5 Å². The lowest BCUT2D eigenvalue weighted by molar-refractivity contribution is 0.978. The molecule has 278 valence electrons. The highest BCUT2D eigenvalue weighted by molar-refractivity contribution is 5.98. The van der Waals surface area contributed by atoms with Gasteiger partial charge in [0, 0.05) is 23.2 Å². The van der Waals surface area contributed by atoms with Crippen molar-refractivity contribution in [1.29, 1.82) is 0 Å². The van der Waals surface area contributed by atoms with Gasteiger partial charge < -0.3 is 11.5 Å². The number of hydrogen-bond donors (Lipinski definition) is 2. The summed E-state index contributed by atoms with van der Waals surface area (Å²) in [5, 5.41) is 0. The maximum Gasteiger partial charge on any atom is 0.0339 e. The van der Waals surface area contributed by atoms with E-state index in [9.17, 15) is 0 Å². The molecule has 0 heterocycles. The Balaban J connectivity index is 1.22. The van der Waals surface area contributed by atoms with Crippen LogP contribution in [-0.4, -0.2) is 0 Å². The average molecular weight is 745 g/mol. The van der Waals surface area contributed by atoms with E-state index in [0.29, 0.717) is 0 Å². The summed E-state index contributed by atoms with van der Waals surface area (Å²) in [6.07, 6.45) is 0. The highest BCUT2D eigenvalue weighted by atomic mass is 14.5. The third-order valence-corrected chi connectivity index (χ3v) is 11.2. The predicted octanol–water partition coefficient (Wildman–Crippen LogP) is 13.9.